The van der Waals surface area contributed by atoms with Gasteiger partial charge in [0.2, 0.25) is 0 Å². The molecular weight excluding hydrogens is 234 g/mol. The number of amides is 2. The number of urea groups is 1. The molecule has 17 heavy (non-hydrogen) atoms. The highest BCUT2D eigenvalue weighted by molar-refractivity contribution is 7.80. The Morgan fingerprint density at radius 3 is 2.47 bits per heavy atom. The smallest absolute Gasteiger partial charge is 0.318 e. The summed E-state index contributed by atoms with van der Waals surface area (Å²) in [5.41, 5.74) is 5.51. The lowest BCUT2D eigenvalue weighted by molar-refractivity contribution is 0.185. The summed E-state index contributed by atoms with van der Waals surface area (Å²) in [4.78, 5) is 14.1. The molecule has 98 valence electrons. The van der Waals surface area contributed by atoms with Crippen molar-refractivity contribution in [2.24, 2.45) is 5.73 Å². The van der Waals surface area contributed by atoms with E-state index in [4.69, 9.17) is 18.0 Å². The highest BCUT2D eigenvalue weighted by Gasteiger charge is 2.21. The molecule has 3 N–H and O–H groups in total. The molecule has 0 unspecified atom stereocenters. The van der Waals surface area contributed by atoms with E-state index in [9.17, 15) is 4.79 Å². The fraction of sp³-hybridized carbons (Fsp3) is 0.833. The Kier molecular flexibility index (Phi) is 5.68. The Morgan fingerprint density at radius 2 is 2.00 bits per heavy atom. The molecule has 4 nitrogen and oxygen atoms in total. The Bertz CT molecular complexity index is 275. The zero-order chi connectivity index (χ0) is 12.8. The largest absolute Gasteiger partial charge is 0.392 e. The van der Waals surface area contributed by atoms with Crippen LogP contribution in [0, 0.1) is 0 Å². The van der Waals surface area contributed by atoms with E-state index in [0.29, 0.717) is 17.6 Å². The maximum atomic E-state index is 12.1. The van der Waals surface area contributed by atoms with Crippen LogP contribution in [0.5, 0.6) is 0 Å². The molecule has 1 rings (SSSR count). The summed E-state index contributed by atoms with van der Waals surface area (Å²) >= 11 is 4.87. The zero-order valence-electron chi connectivity index (χ0n) is 10.7. The molecule has 0 aromatic heterocycles. The normalized spacial score (nSPS) is 16.9. The van der Waals surface area contributed by atoms with Crippen molar-refractivity contribution in [1.29, 1.82) is 0 Å². The van der Waals surface area contributed by atoms with Crippen molar-refractivity contribution >= 4 is 23.2 Å². The van der Waals surface area contributed by atoms with Gasteiger partial charge in [-0.25, -0.2) is 4.79 Å². The second-order valence-electron chi connectivity index (χ2n) is 4.97. The molecule has 0 atom stereocenters. The van der Waals surface area contributed by atoms with Gasteiger partial charge in [-0.3, -0.25) is 0 Å². The summed E-state index contributed by atoms with van der Waals surface area (Å²) < 4.78 is 0. The van der Waals surface area contributed by atoms with Gasteiger partial charge >= 0.3 is 6.03 Å². The van der Waals surface area contributed by atoms with E-state index < -0.39 is 0 Å². The summed E-state index contributed by atoms with van der Waals surface area (Å²) in [7, 11) is 0. The van der Waals surface area contributed by atoms with E-state index in [0.717, 1.165) is 12.8 Å². The second kappa shape index (κ2) is 6.79. The number of nitrogens with zero attached hydrogens (tertiary/aromatic N) is 1. The topological polar surface area (TPSA) is 58.4 Å². The molecule has 1 saturated carbocycles. The van der Waals surface area contributed by atoms with Crippen LogP contribution in [0.25, 0.3) is 0 Å². The lowest BCUT2D eigenvalue weighted by Gasteiger charge is -2.30. The molecule has 0 radical (unpaired) electrons. The summed E-state index contributed by atoms with van der Waals surface area (Å²) in [6.45, 7) is 4.29. The Balaban J connectivity index is 2.49. The van der Waals surface area contributed by atoms with Gasteiger partial charge in [-0.15, -0.1) is 0 Å². The molecular formula is C12H23N3OS. The number of thiocarbonyl (C=S) groups is 1. The third kappa shape index (κ3) is 4.89. The molecule has 0 aromatic rings. The molecule has 0 saturated heterocycles. The quantitative estimate of drug-likeness (QED) is 0.758. The maximum Gasteiger partial charge on any atom is 0.318 e. The summed E-state index contributed by atoms with van der Waals surface area (Å²) in [5, 5.41) is 3.08. The van der Waals surface area contributed by atoms with Crippen molar-refractivity contribution in [2.75, 3.05) is 6.54 Å². The average Bonchev–Trinajstić information content (AvgIpc) is 2.26. The number of nitrogens with one attached hydrogen (secondary N) is 1. The summed E-state index contributed by atoms with van der Waals surface area (Å²) in [5.74, 6) is 0. The first-order chi connectivity index (χ1) is 8.00. The van der Waals surface area contributed by atoms with Crippen LogP contribution in [-0.4, -0.2) is 34.5 Å². The highest BCUT2D eigenvalue weighted by atomic mass is 32.1. The van der Waals surface area contributed by atoms with Crippen LogP contribution in [0.3, 0.4) is 0 Å². The van der Waals surface area contributed by atoms with Crippen molar-refractivity contribution in [3.63, 3.8) is 0 Å². The minimum atomic E-state index is -0.0419. The number of carbonyl (C=O) groups is 1. The van der Waals surface area contributed by atoms with Gasteiger partial charge in [0, 0.05) is 12.1 Å². The Labute approximate surface area is 109 Å². The molecule has 1 aliphatic rings. The third-order valence-electron chi connectivity index (χ3n) is 3.14. The molecule has 5 heteroatoms. The fourth-order valence-electron chi connectivity index (χ4n) is 2.16. The van der Waals surface area contributed by atoms with E-state index in [1.807, 2.05) is 13.8 Å². The minimum absolute atomic E-state index is 0.0419. The molecule has 2 amide bonds. The van der Waals surface area contributed by atoms with E-state index >= 15 is 0 Å². The fourth-order valence-corrected chi connectivity index (χ4v) is 2.30. The van der Waals surface area contributed by atoms with Crippen molar-refractivity contribution in [2.45, 2.75) is 58.0 Å². The first-order valence-electron chi connectivity index (χ1n) is 6.36. The van der Waals surface area contributed by atoms with E-state index in [1.165, 1.54) is 19.3 Å². The van der Waals surface area contributed by atoms with Crippen LogP contribution in [-0.2, 0) is 0 Å². The summed E-state index contributed by atoms with van der Waals surface area (Å²) in [6, 6.07) is 0.392. The predicted molar refractivity (Wildman–Crippen MR) is 74.0 cm³/mol. The second-order valence-corrected chi connectivity index (χ2v) is 5.50. The molecule has 0 aromatic carbocycles. The maximum absolute atomic E-state index is 12.1. The van der Waals surface area contributed by atoms with E-state index in [-0.39, 0.29) is 12.1 Å². The summed E-state index contributed by atoms with van der Waals surface area (Å²) in [6.07, 6.45) is 5.88. The van der Waals surface area contributed by atoms with Crippen molar-refractivity contribution in [1.82, 2.24) is 10.2 Å². The monoisotopic (exact) mass is 257 g/mol. The molecule has 1 aliphatic carbocycles. The number of rotatable bonds is 4. The highest BCUT2D eigenvalue weighted by Crippen LogP contribution is 2.17. The average molecular weight is 257 g/mol. The lowest BCUT2D eigenvalue weighted by Crippen LogP contribution is -2.50. The van der Waals surface area contributed by atoms with Crippen LogP contribution in [0.15, 0.2) is 0 Å². The van der Waals surface area contributed by atoms with Gasteiger partial charge in [-0.2, -0.15) is 0 Å². The SMILES string of the molecule is CC(C)N(CC(N)=S)C(=O)NC1CCCCC1. The van der Waals surface area contributed by atoms with Gasteiger partial charge in [0.15, 0.2) is 0 Å². The van der Waals surface area contributed by atoms with Gasteiger partial charge in [0.1, 0.15) is 0 Å². The van der Waals surface area contributed by atoms with Crippen LogP contribution in [0.2, 0.25) is 0 Å². The molecule has 0 bridgehead atoms. The van der Waals surface area contributed by atoms with Crippen LogP contribution in [0.4, 0.5) is 4.79 Å². The predicted octanol–water partition coefficient (Wildman–Crippen LogP) is 2.03. The molecule has 0 spiro atoms. The minimum Gasteiger partial charge on any atom is -0.392 e. The number of hydrogen-bond acceptors (Lipinski definition) is 2. The number of nitrogens with two attached hydrogens (primary N) is 1. The molecule has 0 heterocycles. The van der Waals surface area contributed by atoms with Crippen LogP contribution in [0.1, 0.15) is 46.0 Å². The molecule has 0 aliphatic heterocycles. The van der Waals surface area contributed by atoms with Gasteiger partial charge in [0.05, 0.1) is 11.5 Å². The van der Waals surface area contributed by atoms with Gasteiger partial charge in [-0.1, -0.05) is 31.5 Å². The van der Waals surface area contributed by atoms with Crippen molar-refractivity contribution < 1.29 is 4.79 Å². The lowest BCUT2D eigenvalue weighted by atomic mass is 9.96. The van der Waals surface area contributed by atoms with Crippen molar-refractivity contribution in [3.8, 4) is 0 Å². The standard InChI is InChI=1S/C12H23N3OS/c1-9(2)15(8-11(13)17)12(16)14-10-6-4-3-5-7-10/h9-10H,3-8H2,1-2H3,(H2,13,17)(H,14,16). The van der Waals surface area contributed by atoms with Crippen LogP contribution < -0.4 is 11.1 Å². The van der Waals surface area contributed by atoms with E-state index in [2.05, 4.69) is 5.32 Å². The zero-order valence-corrected chi connectivity index (χ0v) is 11.6. The first kappa shape index (κ1) is 14.2. The molecule has 1 fully saturated rings. The van der Waals surface area contributed by atoms with Crippen molar-refractivity contribution in [3.05, 3.63) is 0 Å². The Hall–Kier alpha value is -0.840. The number of hydrogen-bond donors (Lipinski definition) is 2. The van der Waals surface area contributed by atoms with Gasteiger partial charge in [0.25, 0.3) is 0 Å². The number of carbonyl (C=O) groups excluding carboxylic acids is 1. The van der Waals surface area contributed by atoms with E-state index in [1.54, 1.807) is 4.90 Å². The van der Waals surface area contributed by atoms with Crippen LogP contribution >= 0.6 is 12.2 Å². The Morgan fingerprint density at radius 1 is 1.41 bits per heavy atom. The first-order valence-corrected chi connectivity index (χ1v) is 6.77. The van der Waals surface area contributed by atoms with Gasteiger partial charge < -0.3 is 16.0 Å². The third-order valence-corrected chi connectivity index (χ3v) is 3.27. The van der Waals surface area contributed by atoms with Gasteiger partial charge in [-0.05, 0) is 26.7 Å².